The van der Waals surface area contributed by atoms with Crippen molar-refractivity contribution >= 4 is 24.0 Å². The fraction of sp³-hybridized carbons (Fsp3) is 0.217. The lowest BCUT2D eigenvalue weighted by Crippen LogP contribution is -2.38. The Morgan fingerprint density at radius 1 is 0.852 bits per heavy atom. The Morgan fingerprint density at radius 2 is 1.44 bits per heavy atom. The van der Waals surface area contributed by atoms with Gasteiger partial charge in [0.05, 0.1) is 0 Å². The highest BCUT2D eigenvalue weighted by Crippen LogP contribution is 2.18. The van der Waals surface area contributed by atoms with Crippen LogP contribution in [0, 0.1) is 0 Å². The number of hydrogen-bond donors (Lipinski definition) is 2. The summed E-state index contributed by atoms with van der Waals surface area (Å²) in [5.41, 5.74) is 2.05. The normalized spacial score (nSPS) is 15.0. The van der Waals surface area contributed by atoms with Crippen LogP contribution in [0.15, 0.2) is 72.4 Å². The van der Waals surface area contributed by atoms with Crippen molar-refractivity contribution < 1.29 is 9.59 Å². The third-order valence-corrected chi connectivity index (χ3v) is 4.53. The molecule has 4 nitrogen and oxygen atoms in total. The zero-order valence-corrected chi connectivity index (χ0v) is 15.2. The molecule has 0 saturated heterocycles. The lowest BCUT2D eigenvalue weighted by atomic mass is 10.1. The molecular formula is C23H24N2O2. The zero-order chi connectivity index (χ0) is 18.9. The summed E-state index contributed by atoms with van der Waals surface area (Å²) in [5, 5.41) is 5.77. The molecule has 4 heteroatoms. The number of amides is 2. The van der Waals surface area contributed by atoms with Crippen LogP contribution in [0.1, 0.15) is 36.8 Å². The number of benzene rings is 2. The van der Waals surface area contributed by atoms with E-state index in [4.69, 9.17) is 0 Å². The Hall–Kier alpha value is -3.14. The molecule has 2 amide bonds. The van der Waals surface area contributed by atoms with E-state index >= 15 is 0 Å². The summed E-state index contributed by atoms with van der Waals surface area (Å²) in [7, 11) is 0. The summed E-state index contributed by atoms with van der Waals surface area (Å²) in [6, 6.07) is 19.3. The van der Waals surface area contributed by atoms with E-state index in [-0.39, 0.29) is 23.6 Å². The molecule has 1 aliphatic carbocycles. The first-order chi connectivity index (χ1) is 13.2. The molecule has 1 aliphatic rings. The summed E-state index contributed by atoms with van der Waals surface area (Å²) in [4.78, 5) is 25.0. The predicted molar refractivity (Wildman–Crippen MR) is 108 cm³/mol. The Labute approximate surface area is 160 Å². The van der Waals surface area contributed by atoms with E-state index in [9.17, 15) is 9.59 Å². The molecule has 0 bridgehead atoms. The number of nitrogens with one attached hydrogen (secondary N) is 2. The molecule has 1 fully saturated rings. The zero-order valence-electron chi connectivity index (χ0n) is 15.2. The first kappa shape index (κ1) is 18.6. The summed E-state index contributed by atoms with van der Waals surface area (Å²) < 4.78 is 0. The van der Waals surface area contributed by atoms with Crippen LogP contribution in [0.5, 0.6) is 0 Å². The summed E-state index contributed by atoms with van der Waals surface area (Å²) in [6.07, 6.45) is 9.13. The van der Waals surface area contributed by atoms with Gasteiger partial charge in [0.2, 0.25) is 5.91 Å². The topological polar surface area (TPSA) is 58.2 Å². The molecule has 3 rings (SSSR count). The maximum absolute atomic E-state index is 12.7. The van der Waals surface area contributed by atoms with E-state index in [1.807, 2.05) is 60.7 Å². The first-order valence-corrected chi connectivity index (χ1v) is 9.32. The van der Waals surface area contributed by atoms with Gasteiger partial charge in [0.1, 0.15) is 5.70 Å². The highest BCUT2D eigenvalue weighted by molar-refractivity contribution is 6.04. The van der Waals surface area contributed by atoms with Crippen LogP contribution in [0.3, 0.4) is 0 Å². The quantitative estimate of drug-likeness (QED) is 0.767. The van der Waals surface area contributed by atoms with Crippen LogP contribution in [-0.2, 0) is 9.59 Å². The van der Waals surface area contributed by atoms with Crippen LogP contribution < -0.4 is 10.6 Å². The summed E-state index contributed by atoms with van der Waals surface area (Å²) >= 11 is 0. The number of carbonyl (C=O) groups excluding carboxylic acids is 2. The number of carbonyl (C=O) groups is 2. The Kier molecular flexibility index (Phi) is 6.58. The van der Waals surface area contributed by atoms with Crippen LogP contribution in [-0.4, -0.2) is 17.9 Å². The Bertz CT molecular complexity index is 820. The van der Waals surface area contributed by atoms with Crippen LogP contribution in [0.25, 0.3) is 12.2 Å². The highest BCUT2D eigenvalue weighted by Gasteiger charge is 2.20. The monoisotopic (exact) mass is 360 g/mol. The fourth-order valence-corrected chi connectivity index (χ4v) is 3.12. The lowest BCUT2D eigenvalue weighted by molar-refractivity contribution is -0.121. The van der Waals surface area contributed by atoms with Gasteiger partial charge in [0.25, 0.3) is 5.91 Å². The second-order valence-electron chi connectivity index (χ2n) is 6.66. The molecule has 0 aromatic heterocycles. The summed E-state index contributed by atoms with van der Waals surface area (Å²) in [5.74, 6) is -0.574. The molecule has 0 heterocycles. The molecule has 0 atom stereocenters. The molecule has 0 spiro atoms. The minimum absolute atomic E-state index is 0.188. The van der Waals surface area contributed by atoms with Gasteiger partial charge in [0, 0.05) is 12.1 Å². The van der Waals surface area contributed by atoms with Crippen molar-refractivity contribution in [1.29, 1.82) is 0 Å². The molecular weight excluding hydrogens is 336 g/mol. The van der Waals surface area contributed by atoms with E-state index in [0.717, 1.165) is 36.8 Å². The van der Waals surface area contributed by atoms with E-state index < -0.39 is 0 Å². The third-order valence-electron chi connectivity index (χ3n) is 4.53. The molecule has 0 radical (unpaired) electrons. The van der Waals surface area contributed by atoms with Gasteiger partial charge >= 0.3 is 0 Å². The predicted octanol–water partition coefficient (Wildman–Crippen LogP) is 3.92. The fourth-order valence-electron chi connectivity index (χ4n) is 3.12. The molecule has 2 aromatic rings. The average Bonchev–Trinajstić information content (AvgIpc) is 3.20. The third kappa shape index (κ3) is 5.96. The molecule has 2 N–H and O–H groups in total. The minimum Gasteiger partial charge on any atom is -0.348 e. The van der Waals surface area contributed by atoms with Crippen LogP contribution in [0.2, 0.25) is 0 Å². The summed E-state index contributed by atoms with van der Waals surface area (Å²) in [6.45, 7) is 0. The first-order valence-electron chi connectivity index (χ1n) is 9.32. The smallest absolute Gasteiger partial charge is 0.268 e. The number of rotatable bonds is 6. The van der Waals surface area contributed by atoms with E-state index in [2.05, 4.69) is 10.6 Å². The molecule has 0 unspecified atom stereocenters. The van der Waals surface area contributed by atoms with E-state index in [1.165, 1.54) is 6.08 Å². The van der Waals surface area contributed by atoms with E-state index in [1.54, 1.807) is 12.2 Å². The minimum atomic E-state index is -0.331. The highest BCUT2D eigenvalue weighted by atomic mass is 16.2. The maximum Gasteiger partial charge on any atom is 0.268 e. The van der Waals surface area contributed by atoms with Crippen molar-refractivity contribution in [3.8, 4) is 0 Å². The van der Waals surface area contributed by atoms with Crippen molar-refractivity contribution in [2.24, 2.45) is 0 Å². The molecule has 0 aliphatic heterocycles. The standard InChI is InChI=1S/C23H24N2O2/c26-22(16-15-18-9-3-1-4-10-18)25-21(17-19-11-5-2-6-12-19)23(27)24-20-13-7-8-14-20/h1-6,9-12,15-17,20H,7-8,13-14H2,(H,24,27)(H,25,26)/b16-15+,21-17-. The Balaban J connectivity index is 1.72. The van der Waals surface area contributed by atoms with Crippen LogP contribution >= 0.6 is 0 Å². The van der Waals surface area contributed by atoms with Gasteiger partial charge in [-0.05, 0) is 36.1 Å². The number of hydrogen-bond acceptors (Lipinski definition) is 2. The largest absolute Gasteiger partial charge is 0.348 e. The SMILES string of the molecule is O=C(/C=C/c1ccccc1)N/C(=C\c1ccccc1)C(=O)NC1CCCC1. The Morgan fingerprint density at radius 3 is 2.07 bits per heavy atom. The van der Waals surface area contributed by atoms with Crippen molar-refractivity contribution in [3.05, 3.63) is 83.6 Å². The van der Waals surface area contributed by atoms with Gasteiger partial charge in [0.15, 0.2) is 0 Å². The van der Waals surface area contributed by atoms with E-state index in [0.29, 0.717) is 0 Å². The van der Waals surface area contributed by atoms with Gasteiger partial charge in [-0.15, -0.1) is 0 Å². The van der Waals surface area contributed by atoms with Gasteiger partial charge in [-0.3, -0.25) is 9.59 Å². The molecule has 2 aromatic carbocycles. The second kappa shape index (κ2) is 9.53. The molecule has 1 saturated carbocycles. The maximum atomic E-state index is 12.7. The van der Waals surface area contributed by atoms with Crippen LogP contribution in [0.4, 0.5) is 0 Å². The second-order valence-corrected chi connectivity index (χ2v) is 6.66. The molecule has 138 valence electrons. The van der Waals surface area contributed by atoms with Crippen molar-refractivity contribution in [3.63, 3.8) is 0 Å². The van der Waals surface area contributed by atoms with Gasteiger partial charge in [-0.2, -0.15) is 0 Å². The molecule has 27 heavy (non-hydrogen) atoms. The van der Waals surface area contributed by atoms with Gasteiger partial charge in [-0.25, -0.2) is 0 Å². The van der Waals surface area contributed by atoms with Gasteiger partial charge < -0.3 is 10.6 Å². The van der Waals surface area contributed by atoms with Crippen molar-refractivity contribution in [2.75, 3.05) is 0 Å². The van der Waals surface area contributed by atoms with Gasteiger partial charge in [-0.1, -0.05) is 73.5 Å². The van der Waals surface area contributed by atoms with Crippen molar-refractivity contribution in [1.82, 2.24) is 10.6 Å². The van der Waals surface area contributed by atoms with Crippen molar-refractivity contribution in [2.45, 2.75) is 31.7 Å². The average molecular weight is 360 g/mol. The lowest BCUT2D eigenvalue weighted by Gasteiger charge is -2.14.